The van der Waals surface area contributed by atoms with Crippen molar-refractivity contribution in [2.24, 2.45) is 0 Å². The smallest absolute Gasteiger partial charge is 0.367 e. The number of rotatable bonds is 6. The van der Waals surface area contributed by atoms with Crippen molar-refractivity contribution in [3.05, 3.63) is 48.2 Å². The van der Waals surface area contributed by atoms with Crippen LogP contribution in [0.5, 0.6) is 0 Å². The van der Waals surface area contributed by atoms with Gasteiger partial charge in [-0.1, -0.05) is 50.1 Å². The van der Waals surface area contributed by atoms with Crippen LogP contribution < -0.4 is 5.32 Å². The Balaban J connectivity index is 1.71. The first-order chi connectivity index (χ1) is 14.9. The highest BCUT2D eigenvalue weighted by atomic mass is 32.2. The number of nitrogens with zero attached hydrogens (tertiary/aromatic N) is 2. The normalized spacial score (nSPS) is 15.2. The molecule has 164 valence electrons. The van der Waals surface area contributed by atoms with E-state index in [0.29, 0.717) is 28.1 Å². The number of halogens is 3. The SMILES string of the molecule is CCSc1nc(-c2cccc(C(F)(F)F)c2)c(-c2ccnc(NC3CCCCC3)c2)[nH]1. The van der Waals surface area contributed by atoms with Crippen LogP contribution in [-0.2, 0) is 6.18 Å². The molecule has 0 saturated heterocycles. The van der Waals surface area contributed by atoms with Crippen LogP contribution in [0.2, 0.25) is 0 Å². The number of hydrogen-bond acceptors (Lipinski definition) is 4. The lowest BCUT2D eigenvalue weighted by atomic mass is 9.95. The molecule has 2 aromatic heterocycles. The number of H-pyrrole nitrogens is 1. The van der Waals surface area contributed by atoms with Crippen molar-refractivity contribution in [3.8, 4) is 22.5 Å². The predicted octanol–water partition coefficient (Wildman–Crippen LogP) is 7.01. The fourth-order valence-electron chi connectivity index (χ4n) is 3.94. The molecule has 4 rings (SSSR count). The van der Waals surface area contributed by atoms with Crippen molar-refractivity contribution in [2.75, 3.05) is 11.1 Å². The van der Waals surface area contributed by atoms with Crippen LogP contribution in [0.15, 0.2) is 47.8 Å². The summed E-state index contributed by atoms with van der Waals surface area (Å²) in [5.74, 6) is 1.58. The summed E-state index contributed by atoms with van der Waals surface area (Å²) in [6.07, 6.45) is 3.29. The van der Waals surface area contributed by atoms with Gasteiger partial charge in [0.1, 0.15) is 5.82 Å². The van der Waals surface area contributed by atoms with E-state index in [0.717, 1.165) is 42.1 Å². The maximum atomic E-state index is 13.3. The first-order valence-electron chi connectivity index (χ1n) is 10.6. The molecule has 0 amide bonds. The van der Waals surface area contributed by atoms with Crippen molar-refractivity contribution in [1.82, 2.24) is 15.0 Å². The minimum absolute atomic E-state index is 0.410. The average Bonchev–Trinajstić information content (AvgIpc) is 3.19. The van der Waals surface area contributed by atoms with E-state index in [1.807, 2.05) is 19.1 Å². The van der Waals surface area contributed by atoms with E-state index in [2.05, 4.69) is 20.3 Å². The number of aromatic nitrogens is 3. The molecular weight excluding hydrogens is 421 g/mol. The molecule has 3 aromatic rings. The first-order valence-corrected chi connectivity index (χ1v) is 11.6. The number of imidazole rings is 1. The first kappa shape index (κ1) is 21.7. The molecule has 0 bridgehead atoms. The van der Waals surface area contributed by atoms with Crippen LogP contribution in [-0.4, -0.2) is 26.7 Å². The molecule has 0 spiro atoms. The number of benzene rings is 1. The van der Waals surface area contributed by atoms with Crippen molar-refractivity contribution in [2.45, 2.75) is 56.4 Å². The van der Waals surface area contributed by atoms with Gasteiger partial charge < -0.3 is 10.3 Å². The number of aromatic amines is 1. The Morgan fingerprint density at radius 2 is 1.90 bits per heavy atom. The Kier molecular flexibility index (Phi) is 6.55. The second-order valence-corrected chi connectivity index (χ2v) is 8.94. The minimum atomic E-state index is -4.40. The summed E-state index contributed by atoms with van der Waals surface area (Å²) in [5.41, 5.74) is 1.80. The maximum Gasteiger partial charge on any atom is 0.416 e. The topological polar surface area (TPSA) is 53.6 Å². The van der Waals surface area contributed by atoms with Crippen molar-refractivity contribution < 1.29 is 13.2 Å². The standard InChI is InChI=1S/C23H25F3N4S/c1-2-31-22-29-20(15-7-6-8-17(13-15)23(24,25)26)21(30-22)16-11-12-27-19(14-16)28-18-9-4-3-5-10-18/h6-8,11-14,18H,2-5,9-10H2,1H3,(H,27,28)(H,29,30). The number of anilines is 1. The third kappa shape index (κ3) is 5.23. The van der Waals surface area contributed by atoms with E-state index in [-0.39, 0.29) is 0 Å². The number of hydrogen-bond donors (Lipinski definition) is 2. The van der Waals surface area contributed by atoms with Gasteiger partial charge in [0.25, 0.3) is 0 Å². The molecule has 31 heavy (non-hydrogen) atoms. The summed E-state index contributed by atoms with van der Waals surface area (Å²) >= 11 is 1.52. The summed E-state index contributed by atoms with van der Waals surface area (Å²) in [5, 5.41) is 4.20. The zero-order valence-electron chi connectivity index (χ0n) is 17.3. The van der Waals surface area contributed by atoms with Crippen LogP contribution in [0.25, 0.3) is 22.5 Å². The van der Waals surface area contributed by atoms with Crippen LogP contribution in [0.1, 0.15) is 44.6 Å². The molecule has 0 aliphatic heterocycles. The molecule has 1 aromatic carbocycles. The highest BCUT2D eigenvalue weighted by Crippen LogP contribution is 2.37. The molecule has 1 aliphatic carbocycles. The molecule has 8 heteroatoms. The Morgan fingerprint density at radius 1 is 1.10 bits per heavy atom. The monoisotopic (exact) mass is 446 g/mol. The molecule has 1 fully saturated rings. The fraction of sp³-hybridized carbons (Fsp3) is 0.391. The molecule has 2 N–H and O–H groups in total. The highest BCUT2D eigenvalue weighted by molar-refractivity contribution is 7.99. The van der Waals surface area contributed by atoms with E-state index in [1.54, 1.807) is 12.3 Å². The van der Waals surface area contributed by atoms with Crippen molar-refractivity contribution in [1.29, 1.82) is 0 Å². The highest BCUT2D eigenvalue weighted by Gasteiger charge is 2.31. The summed E-state index contributed by atoms with van der Waals surface area (Å²) in [6.45, 7) is 2.01. The molecule has 4 nitrogen and oxygen atoms in total. The third-order valence-corrected chi connectivity index (χ3v) is 6.19. The summed E-state index contributed by atoms with van der Waals surface area (Å²) < 4.78 is 39.8. The van der Waals surface area contributed by atoms with Crippen LogP contribution in [0, 0.1) is 0 Å². The van der Waals surface area contributed by atoms with Gasteiger partial charge in [0.2, 0.25) is 0 Å². The number of alkyl halides is 3. The summed E-state index contributed by atoms with van der Waals surface area (Å²) in [7, 11) is 0. The van der Waals surface area contributed by atoms with E-state index < -0.39 is 11.7 Å². The van der Waals surface area contributed by atoms with Crippen LogP contribution in [0.3, 0.4) is 0 Å². The molecule has 0 atom stereocenters. The van der Waals surface area contributed by atoms with Gasteiger partial charge >= 0.3 is 6.18 Å². The molecule has 1 saturated carbocycles. The third-order valence-electron chi connectivity index (χ3n) is 5.43. The van der Waals surface area contributed by atoms with Gasteiger partial charge in [-0.3, -0.25) is 0 Å². The van der Waals surface area contributed by atoms with E-state index in [4.69, 9.17) is 0 Å². The van der Waals surface area contributed by atoms with Crippen LogP contribution >= 0.6 is 11.8 Å². The summed E-state index contributed by atoms with van der Waals surface area (Å²) in [4.78, 5) is 12.4. The minimum Gasteiger partial charge on any atom is -0.367 e. The quantitative estimate of drug-likeness (QED) is 0.400. The second kappa shape index (κ2) is 9.34. The van der Waals surface area contributed by atoms with E-state index >= 15 is 0 Å². The van der Waals surface area contributed by atoms with Gasteiger partial charge in [0.05, 0.1) is 17.0 Å². The molecule has 0 unspecified atom stereocenters. The number of thioether (sulfide) groups is 1. The zero-order chi connectivity index (χ0) is 21.8. The number of nitrogens with one attached hydrogen (secondary N) is 2. The lowest BCUT2D eigenvalue weighted by molar-refractivity contribution is -0.137. The van der Waals surface area contributed by atoms with Gasteiger partial charge in [-0.15, -0.1) is 0 Å². The Labute approximate surface area is 184 Å². The van der Waals surface area contributed by atoms with E-state index in [1.165, 1.54) is 37.1 Å². The molecule has 2 heterocycles. The van der Waals surface area contributed by atoms with Gasteiger partial charge in [-0.2, -0.15) is 13.2 Å². The predicted molar refractivity (Wildman–Crippen MR) is 119 cm³/mol. The van der Waals surface area contributed by atoms with Crippen LogP contribution in [0.4, 0.5) is 19.0 Å². The Morgan fingerprint density at radius 3 is 2.65 bits per heavy atom. The Hall–Kier alpha value is -2.48. The lowest BCUT2D eigenvalue weighted by Gasteiger charge is -2.23. The number of pyridine rings is 1. The molecule has 0 radical (unpaired) electrons. The average molecular weight is 447 g/mol. The van der Waals surface area contributed by atoms with E-state index in [9.17, 15) is 13.2 Å². The fourth-order valence-corrected chi connectivity index (χ4v) is 4.54. The van der Waals surface area contributed by atoms with Gasteiger partial charge in [0.15, 0.2) is 5.16 Å². The Bertz CT molecular complexity index is 1030. The lowest BCUT2D eigenvalue weighted by Crippen LogP contribution is -2.22. The zero-order valence-corrected chi connectivity index (χ0v) is 18.1. The largest absolute Gasteiger partial charge is 0.416 e. The van der Waals surface area contributed by atoms with Gasteiger partial charge in [-0.05, 0) is 42.9 Å². The second-order valence-electron chi connectivity index (χ2n) is 7.69. The summed E-state index contributed by atoms with van der Waals surface area (Å²) in [6, 6.07) is 9.53. The van der Waals surface area contributed by atoms with Gasteiger partial charge in [-0.25, -0.2) is 9.97 Å². The van der Waals surface area contributed by atoms with Crippen molar-refractivity contribution in [3.63, 3.8) is 0 Å². The molecule has 1 aliphatic rings. The maximum absolute atomic E-state index is 13.3. The van der Waals surface area contributed by atoms with Gasteiger partial charge in [0, 0.05) is 23.4 Å². The molecular formula is C23H25F3N4S. The van der Waals surface area contributed by atoms with Crippen molar-refractivity contribution >= 4 is 17.6 Å².